The number of hydrogen-bond acceptors (Lipinski definition) is 3. The molecule has 0 amide bonds. The SMILES string of the molecule is CCC1CCSC(Nc2cc(F)cc(F)c2)=N1. The van der Waals surface area contributed by atoms with E-state index in [0.717, 1.165) is 29.8 Å². The molecule has 5 heteroatoms. The quantitative estimate of drug-likeness (QED) is 0.873. The Morgan fingerprint density at radius 1 is 1.35 bits per heavy atom. The molecule has 1 aromatic carbocycles. The third-order valence-corrected chi connectivity index (χ3v) is 3.50. The molecule has 1 aromatic rings. The number of nitrogens with one attached hydrogen (secondary N) is 1. The summed E-state index contributed by atoms with van der Waals surface area (Å²) in [4.78, 5) is 4.48. The van der Waals surface area contributed by atoms with Crippen molar-refractivity contribution in [2.45, 2.75) is 25.8 Å². The number of thioether (sulfide) groups is 1. The largest absolute Gasteiger partial charge is 0.335 e. The molecule has 1 aliphatic heterocycles. The Hall–Kier alpha value is -1.10. The van der Waals surface area contributed by atoms with Gasteiger partial charge in [-0.1, -0.05) is 18.7 Å². The molecule has 17 heavy (non-hydrogen) atoms. The van der Waals surface area contributed by atoms with Gasteiger partial charge in [0, 0.05) is 17.5 Å². The van der Waals surface area contributed by atoms with Gasteiger partial charge in [0.05, 0.1) is 6.04 Å². The summed E-state index contributed by atoms with van der Waals surface area (Å²) in [5, 5.41) is 3.70. The second-order valence-corrected chi connectivity index (χ2v) is 5.00. The maximum Gasteiger partial charge on any atom is 0.161 e. The molecule has 0 radical (unpaired) electrons. The first-order valence-corrected chi connectivity index (χ1v) is 6.59. The monoisotopic (exact) mass is 256 g/mol. The van der Waals surface area contributed by atoms with Gasteiger partial charge in [0.25, 0.3) is 0 Å². The topological polar surface area (TPSA) is 24.4 Å². The molecule has 0 saturated heterocycles. The van der Waals surface area contributed by atoms with Crippen LogP contribution in [0.1, 0.15) is 19.8 Å². The lowest BCUT2D eigenvalue weighted by Crippen LogP contribution is -2.19. The number of rotatable bonds is 2. The summed E-state index contributed by atoms with van der Waals surface area (Å²) in [5.41, 5.74) is 0.408. The van der Waals surface area contributed by atoms with Gasteiger partial charge in [-0.05, 0) is 25.0 Å². The Kier molecular flexibility index (Phi) is 3.99. The first-order valence-electron chi connectivity index (χ1n) is 5.61. The van der Waals surface area contributed by atoms with E-state index >= 15 is 0 Å². The fourth-order valence-electron chi connectivity index (χ4n) is 1.67. The highest BCUT2D eigenvalue weighted by molar-refractivity contribution is 8.14. The fraction of sp³-hybridized carbons (Fsp3) is 0.417. The summed E-state index contributed by atoms with van der Waals surface area (Å²) in [6, 6.07) is 3.70. The van der Waals surface area contributed by atoms with Crippen molar-refractivity contribution in [3.05, 3.63) is 29.8 Å². The summed E-state index contributed by atoms with van der Waals surface area (Å²) in [6.07, 6.45) is 2.05. The van der Waals surface area contributed by atoms with Gasteiger partial charge in [-0.25, -0.2) is 8.78 Å². The van der Waals surface area contributed by atoms with Gasteiger partial charge in [0.15, 0.2) is 5.17 Å². The fourth-order valence-corrected chi connectivity index (χ4v) is 2.67. The van der Waals surface area contributed by atoms with Gasteiger partial charge in [-0.2, -0.15) is 0 Å². The van der Waals surface area contributed by atoms with E-state index in [1.807, 2.05) is 0 Å². The number of anilines is 1. The molecule has 0 bridgehead atoms. The normalized spacial score (nSPS) is 19.9. The van der Waals surface area contributed by atoms with Gasteiger partial charge in [-0.3, -0.25) is 4.99 Å². The van der Waals surface area contributed by atoms with Gasteiger partial charge >= 0.3 is 0 Å². The minimum atomic E-state index is -0.582. The minimum absolute atomic E-state index is 0.317. The second kappa shape index (κ2) is 5.49. The molecule has 1 aliphatic rings. The zero-order chi connectivity index (χ0) is 12.3. The molecule has 1 heterocycles. The maximum atomic E-state index is 13.0. The minimum Gasteiger partial charge on any atom is -0.335 e. The zero-order valence-electron chi connectivity index (χ0n) is 9.54. The van der Waals surface area contributed by atoms with Crippen molar-refractivity contribution in [3.63, 3.8) is 0 Å². The van der Waals surface area contributed by atoms with E-state index in [1.54, 1.807) is 11.8 Å². The Bertz CT molecular complexity index is 414. The smallest absolute Gasteiger partial charge is 0.161 e. The summed E-state index contributed by atoms with van der Waals surface area (Å²) >= 11 is 1.58. The number of amidine groups is 1. The van der Waals surface area contributed by atoms with E-state index in [1.165, 1.54) is 12.1 Å². The van der Waals surface area contributed by atoms with Crippen molar-refractivity contribution in [3.8, 4) is 0 Å². The third kappa shape index (κ3) is 3.43. The molecule has 0 spiro atoms. The lowest BCUT2D eigenvalue weighted by atomic mass is 10.2. The molecular formula is C12H14F2N2S. The molecule has 2 rings (SSSR count). The van der Waals surface area contributed by atoms with Crippen LogP contribution in [0.15, 0.2) is 23.2 Å². The number of benzene rings is 1. The molecule has 2 nitrogen and oxygen atoms in total. The summed E-state index contributed by atoms with van der Waals surface area (Å²) < 4.78 is 26.0. The summed E-state index contributed by atoms with van der Waals surface area (Å²) in [7, 11) is 0. The van der Waals surface area contributed by atoms with Crippen molar-refractivity contribution in [1.29, 1.82) is 0 Å². The van der Waals surface area contributed by atoms with Crippen molar-refractivity contribution >= 4 is 22.6 Å². The van der Waals surface area contributed by atoms with E-state index in [2.05, 4.69) is 17.2 Å². The van der Waals surface area contributed by atoms with Crippen LogP contribution in [0.25, 0.3) is 0 Å². The van der Waals surface area contributed by atoms with E-state index in [-0.39, 0.29) is 0 Å². The Balaban J connectivity index is 2.12. The molecule has 0 aromatic heterocycles. The Morgan fingerprint density at radius 3 is 2.71 bits per heavy atom. The zero-order valence-corrected chi connectivity index (χ0v) is 10.4. The number of halogens is 2. The standard InChI is InChI=1S/C12H14F2N2S/c1-2-10-3-4-17-12(15-10)16-11-6-8(13)5-9(14)7-11/h5-7,10H,2-4H2,1H3,(H,15,16). The molecular weight excluding hydrogens is 242 g/mol. The van der Waals surface area contributed by atoms with Crippen LogP contribution < -0.4 is 5.32 Å². The average Bonchev–Trinajstić information content (AvgIpc) is 2.28. The van der Waals surface area contributed by atoms with Crippen molar-refractivity contribution in [2.24, 2.45) is 4.99 Å². The Labute approximate surface area is 104 Å². The van der Waals surface area contributed by atoms with Crippen LogP contribution in [0.3, 0.4) is 0 Å². The van der Waals surface area contributed by atoms with Crippen molar-refractivity contribution < 1.29 is 8.78 Å². The third-order valence-electron chi connectivity index (χ3n) is 2.57. The predicted octanol–water partition coefficient (Wildman–Crippen LogP) is 3.65. The highest BCUT2D eigenvalue weighted by atomic mass is 32.2. The molecule has 92 valence electrons. The van der Waals surface area contributed by atoms with Crippen LogP contribution in [0.2, 0.25) is 0 Å². The van der Waals surface area contributed by atoms with Crippen LogP contribution in [0, 0.1) is 11.6 Å². The van der Waals surface area contributed by atoms with Crippen molar-refractivity contribution in [1.82, 2.24) is 0 Å². The maximum absolute atomic E-state index is 13.0. The van der Waals surface area contributed by atoms with E-state index in [0.29, 0.717) is 11.7 Å². The average molecular weight is 256 g/mol. The number of hydrogen-bond donors (Lipinski definition) is 1. The van der Waals surface area contributed by atoms with Gasteiger partial charge in [0.1, 0.15) is 11.6 Å². The molecule has 1 atom stereocenters. The Morgan fingerprint density at radius 2 is 2.06 bits per heavy atom. The van der Waals surface area contributed by atoms with Crippen LogP contribution in [0.5, 0.6) is 0 Å². The van der Waals surface area contributed by atoms with Crippen molar-refractivity contribution in [2.75, 3.05) is 11.1 Å². The first-order chi connectivity index (χ1) is 8.17. The van der Waals surface area contributed by atoms with Gasteiger partial charge < -0.3 is 5.32 Å². The van der Waals surface area contributed by atoms with Crippen LogP contribution in [0.4, 0.5) is 14.5 Å². The van der Waals surface area contributed by atoms with E-state index in [4.69, 9.17) is 0 Å². The second-order valence-electron chi connectivity index (χ2n) is 3.92. The first kappa shape index (κ1) is 12.4. The van der Waals surface area contributed by atoms with E-state index in [9.17, 15) is 8.78 Å². The molecule has 0 aliphatic carbocycles. The van der Waals surface area contributed by atoms with Gasteiger partial charge in [-0.15, -0.1) is 0 Å². The molecule has 0 saturated carbocycles. The molecule has 1 N–H and O–H groups in total. The predicted molar refractivity (Wildman–Crippen MR) is 68.6 cm³/mol. The lowest BCUT2D eigenvalue weighted by molar-refractivity contribution is 0.584. The van der Waals surface area contributed by atoms with Crippen LogP contribution in [-0.2, 0) is 0 Å². The number of aliphatic imine (C=N–C) groups is 1. The molecule has 0 fully saturated rings. The van der Waals surface area contributed by atoms with Crippen LogP contribution >= 0.6 is 11.8 Å². The lowest BCUT2D eigenvalue weighted by Gasteiger charge is -2.19. The van der Waals surface area contributed by atoms with Gasteiger partial charge in [0.2, 0.25) is 0 Å². The van der Waals surface area contributed by atoms with Crippen LogP contribution in [-0.4, -0.2) is 17.0 Å². The highest BCUT2D eigenvalue weighted by Crippen LogP contribution is 2.22. The number of nitrogens with zero attached hydrogens (tertiary/aromatic N) is 1. The highest BCUT2D eigenvalue weighted by Gasteiger charge is 2.14. The van der Waals surface area contributed by atoms with E-state index < -0.39 is 11.6 Å². The summed E-state index contributed by atoms with van der Waals surface area (Å²) in [6.45, 7) is 2.09. The summed E-state index contributed by atoms with van der Waals surface area (Å²) in [5.74, 6) is -0.177. The molecule has 1 unspecified atom stereocenters.